The molecular weight excluding hydrogens is 681 g/mol. The minimum absolute atomic E-state index is 0.0489. The minimum atomic E-state index is -5.08. The van der Waals surface area contributed by atoms with E-state index in [2.05, 4.69) is 10.2 Å². The number of carbonyl (C=O) groups excluding carboxylic acids is 2. The number of alkyl halides is 6. The van der Waals surface area contributed by atoms with Gasteiger partial charge in [-0.15, -0.1) is 0 Å². The highest BCUT2D eigenvalue weighted by atomic mass is 35.5. The number of nitrogens with one attached hydrogen (secondary N) is 1. The average Bonchev–Trinajstić information content (AvgIpc) is 3.03. The fourth-order valence-electron chi connectivity index (χ4n) is 7.17. The van der Waals surface area contributed by atoms with E-state index in [4.69, 9.17) is 23.2 Å². The van der Waals surface area contributed by atoms with Crippen molar-refractivity contribution in [2.24, 2.45) is 0 Å². The third-order valence-corrected chi connectivity index (χ3v) is 10.4. The van der Waals surface area contributed by atoms with Gasteiger partial charge < -0.3 is 15.1 Å². The monoisotopic (exact) mass is 722 g/mol. The number of likely N-dealkylation sites (tertiary alicyclic amines) is 1. The van der Waals surface area contributed by atoms with Gasteiger partial charge in [0.05, 0.1) is 27.6 Å². The highest BCUT2D eigenvalue weighted by molar-refractivity contribution is 6.42. The number of hydrogen-bond acceptors (Lipinski definition) is 4. The van der Waals surface area contributed by atoms with Crippen LogP contribution in [-0.2, 0) is 28.4 Å². The van der Waals surface area contributed by atoms with E-state index in [0.29, 0.717) is 41.8 Å². The van der Waals surface area contributed by atoms with Crippen molar-refractivity contribution < 1.29 is 35.9 Å². The number of benzene rings is 2. The Morgan fingerprint density at radius 2 is 1.65 bits per heavy atom. The summed E-state index contributed by atoms with van der Waals surface area (Å²) < 4.78 is 80.9. The summed E-state index contributed by atoms with van der Waals surface area (Å²) in [5.74, 6) is -0.876. The lowest BCUT2D eigenvalue weighted by Gasteiger charge is -2.51. The second kappa shape index (κ2) is 15.6. The van der Waals surface area contributed by atoms with Crippen LogP contribution in [0.1, 0.15) is 73.1 Å². The van der Waals surface area contributed by atoms with Crippen molar-refractivity contribution in [2.75, 3.05) is 47.3 Å². The van der Waals surface area contributed by atoms with Crippen LogP contribution in [0.3, 0.4) is 0 Å². The topological polar surface area (TPSA) is 55.9 Å². The molecule has 2 fully saturated rings. The molecule has 14 heteroatoms. The van der Waals surface area contributed by atoms with E-state index >= 15 is 0 Å². The number of amides is 2. The average molecular weight is 724 g/mol. The van der Waals surface area contributed by atoms with Crippen molar-refractivity contribution in [3.05, 3.63) is 68.7 Å². The van der Waals surface area contributed by atoms with Gasteiger partial charge in [0.25, 0.3) is 0 Å². The van der Waals surface area contributed by atoms with Crippen molar-refractivity contribution >= 4 is 35.0 Å². The summed E-state index contributed by atoms with van der Waals surface area (Å²) in [4.78, 5) is 32.4. The summed E-state index contributed by atoms with van der Waals surface area (Å²) in [7, 11) is 5.03. The van der Waals surface area contributed by atoms with Gasteiger partial charge in [0.1, 0.15) is 5.54 Å². The summed E-state index contributed by atoms with van der Waals surface area (Å²) in [6.07, 6.45) is -5.23. The van der Waals surface area contributed by atoms with Crippen LogP contribution in [0.4, 0.5) is 26.3 Å². The number of nitrogens with zero attached hydrogens (tertiary/aromatic N) is 3. The van der Waals surface area contributed by atoms with E-state index in [1.54, 1.807) is 37.2 Å². The second-order valence-corrected chi connectivity index (χ2v) is 13.9. The van der Waals surface area contributed by atoms with Crippen molar-refractivity contribution in [2.45, 2.75) is 81.2 Å². The van der Waals surface area contributed by atoms with Gasteiger partial charge in [0.2, 0.25) is 11.8 Å². The van der Waals surface area contributed by atoms with Crippen molar-refractivity contribution in [3.63, 3.8) is 0 Å². The molecule has 2 aliphatic heterocycles. The number of piperidine rings is 2. The molecule has 2 atom stereocenters. The first kappa shape index (κ1) is 38.3. The summed E-state index contributed by atoms with van der Waals surface area (Å²) in [5, 5.41) is 4.03. The Hall–Kier alpha value is -2.54. The van der Waals surface area contributed by atoms with E-state index in [1.807, 2.05) is 0 Å². The number of rotatable bonds is 10. The number of halogens is 8. The molecule has 4 rings (SSSR count). The van der Waals surface area contributed by atoms with Gasteiger partial charge in [0.15, 0.2) is 0 Å². The molecule has 2 saturated heterocycles. The highest BCUT2D eigenvalue weighted by Crippen LogP contribution is 2.39. The SMILES string of the molecule is CN(C)C(=O)C1(N2CCCCC2CCC(CN(C)C(=O)Cc2ccc(C(F)(F)F)cc2C(F)(F)F)c2ccc(Cl)c(Cl)c2)CCNCC1. The zero-order valence-corrected chi connectivity index (χ0v) is 28.8. The Morgan fingerprint density at radius 3 is 2.25 bits per heavy atom. The molecule has 0 bridgehead atoms. The van der Waals surface area contributed by atoms with Crippen LogP contribution < -0.4 is 5.32 Å². The highest BCUT2D eigenvalue weighted by Gasteiger charge is 2.48. The van der Waals surface area contributed by atoms with Gasteiger partial charge in [-0.1, -0.05) is 41.8 Å². The number of hydrogen-bond donors (Lipinski definition) is 1. The van der Waals surface area contributed by atoms with Crippen LogP contribution in [0.5, 0.6) is 0 Å². The van der Waals surface area contributed by atoms with E-state index in [9.17, 15) is 35.9 Å². The summed E-state index contributed by atoms with van der Waals surface area (Å²) in [5.41, 5.74) is -3.29. The van der Waals surface area contributed by atoms with Crippen molar-refractivity contribution in [1.82, 2.24) is 20.0 Å². The molecule has 266 valence electrons. The molecule has 2 aromatic rings. The molecule has 2 aromatic carbocycles. The first-order valence-corrected chi connectivity index (χ1v) is 16.8. The van der Waals surface area contributed by atoms with Crippen LogP contribution in [0.25, 0.3) is 0 Å². The van der Waals surface area contributed by atoms with E-state index in [-0.39, 0.29) is 30.5 Å². The minimum Gasteiger partial charge on any atom is -0.347 e. The molecule has 0 radical (unpaired) electrons. The lowest BCUT2D eigenvalue weighted by molar-refractivity contribution is -0.148. The molecule has 48 heavy (non-hydrogen) atoms. The summed E-state index contributed by atoms with van der Waals surface area (Å²) >= 11 is 12.6. The first-order chi connectivity index (χ1) is 22.4. The molecular formula is C34H42Cl2F6N4O2. The molecule has 2 unspecified atom stereocenters. The molecule has 2 amide bonds. The smallest absolute Gasteiger partial charge is 0.347 e. The third kappa shape index (κ3) is 8.97. The standard InChI is InChI=1S/C34H42Cl2F6N4O2/c1-44(2)31(48)32(13-15-43-16-14-32)46-17-5-4-6-26(46)11-8-24(22-9-12-28(35)29(36)18-22)21-45(3)30(47)19-23-7-10-25(33(37,38)39)20-27(23)34(40,41)42/h7,9-10,12,18,20,24,26,43H,4-6,8,11,13-17,19,21H2,1-3H3. The number of carbonyl (C=O) groups is 2. The molecule has 0 aromatic heterocycles. The lowest BCUT2D eigenvalue weighted by Crippen LogP contribution is -2.66. The maximum Gasteiger partial charge on any atom is 0.416 e. The first-order valence-electron chi connectivity index (χ1n) is 16.1. The van der Waals surface area contributed by atoms with Crippen LogP contribution in [-0.4, -0.2) is 85.4 Å². The van der Waals surface area contributed by atoms with Gasteiger partial charge in [0, 0.05) is 39.6 Å². The van der Waals surface area contributed by atoms with E-state index in [0.717, 1.165) is 50.5 Å². The molecule has 0 spiro atoms. The van der Waals surface area contributed by atoms with Gasteiger partial charge in [-0.05, 0) is 93.6 Å². The maximum absolute atomic E-state index is 13.8. The van der Waals surface area contributed by atoms with Crippen molar-refractivity contribution in [3.8, 4) is 0 Å². The van der Waals surface area contributed by atoms with E-state index in [1.165, 1.54) is 11.9 Å². The van der Waals surface area contributed by atoms with Crippen LogP contribution in [0.15, 0.2) is 36.4 Å². The Balaban J connectivity index is 1.57. The van der Waals surface area contributed by atoms with Crippen molar-refractivity contribution in [1.29, 1.82) is 0 Å². The summed E-state index contributed by atoms with van der Waals surface area (Å²) in [6.45, 7) is 2.37. The fourth-order valence-corrected chi connectivity index (χ4v) is 7.48. The fraction of sp³-hybridized carbons (Fsp3) is 0.588. The molecule has 2 aliphatic rings. The van der Waals surface area contributed by atoms with Crippen LogP contribution in [0.2, 0.25) is 10.0 Å². The molecule has 6 nitrogen and oxygen atoms in total. The second-order valence-electron chi connectivity index (χ2n) is 13.1. The van der Waals surface area contributed by atoms with Gasteiger partial charge >= 0.3 is 12.4 Å². The molecule has 1 N–H and O–H groups in total. The largest absolute Gasteiger partial charge is 0.416 e. The molecule has 0 aliphatic carbocycles. The summed E-state index contributed by atoms with van der Waals surface area (Å²) in [6, 6.07) is 6.59. The normalized spacial score (nSPS) is 19.5. The quantitative estimate of drug-likeness (QED) is 0.256. The number of likely N-dealkylation sites (N-methyl/N-ethyl adjacent to an activating group) is 2. The Kier molecular flexibility index (Phi) is 12.4. The van der Waals surface area contributed by atoms with Gasteiger partial charge in [-0.3, -0.25) is 14.5 Å². The Bertz CT molecular complexity index is 1450. The predicted octanol–water partition coefficient (Wildman–Crippen LogP) is 7.66. The van der Waals surface area contributed by atoms with Crippen LogP contribution >= 0.6 is 23.2 Å². The Morgan fingerprint density at radius 1 is 0.958 bits per heavy atom. The van der Waals surface area contributed by atoms with Crippen LogP contribution in [0, 0.1) is 0 Å². The van der Waals surface area contributed by atoms with E-state index < -0.39 is 46.9 Å². The van der Waals surface area contributed by atoms with Gasteiger partial charge in [-0.25, -0.2) is 0 Å². The Labute approximate surface area is 287 Å². The zero-order chi connectivity index (χ0) is 35.4. The third-order valence-electron chi connectivity index (χ3n) is 9.68. The maximum atomic E-state index is 13.8. The molecule has 2 heterocycles. The zero-order valence-electron chi connectivity index (χ0n) is 27.3. The lowest BCUT2D eigenvalue weighted by atomic mass is 9.80. The molecule has 0 saturated carbocycles. The van der Waals surface area contributed by atoms with Gasteiger partial charge in [-0.2, -0.15) is 26.3 Å². The predicted molar refractivity (Wildman–Crippen MR) is 174 cm³/mol.